The van der Waals surface area contributed by atoms with Gasteiger partial charge in [-0.1, -0.05) is 25.1 Å². The Morgan fingerprint density at radius 3 is 2.70 bits per heavy atom. The molecule has 5 nitrogen and oxygen atoms in total. The summed E-state index contributed by atoms with van der Waals surface area (Å²) < 4.78 is 26.3. The first-order chi connectivity index (χ1) is 12.9. The Bertz CT molecular complexity index is 942. The molecule has 0 radical (unpaired) electrons. The van der Waals surface area contributed by atoms with E-state index in [1.54, 1.807) is 10.4 Å². The molecule has 0 saturated heterocycles. The minimum absolute atomic E-state index is 0.161. The largest absolute Gasteiger partial charge is 0.322 e. The van der Waals surface area contributed by atoms with Crippen LogP contribution in [0.4, 0.5) is 5.69 Å². The number of anilines is 1. The number of nitrogens with zero attached hydrogens (tertiary/aromatic N) is 1. The van der Waals surface area contributed by atoms with Crippen molar-refractivity contribution in [3.63, 3.8) is 0 Å². The van der Waals surface area contributed by atoms with E-state index in [4.69, 9.17) is 0 Å². The maximum absolute atomic E-state index is 12.6. The van der Waals surface area contributed by atoms with Gasteiger partial charge in [0.05, 0.1) is 11.3 Å². The maximum Gasteiger partial charge on any atom is 0.256 e. The number of fused-ring (bicyclic) bond motifs is 1. The summed E-state index contributed by atoms with van der Waals surface area (Å²) in [6.45, 7) is 2.75. The molecule has 2 aromatic carbocycles. The van der Waals surface area contributed by atoms with Gasteiger partial charge in [0.1, 0.15) is 0 Å². The Kier molecular flexibility index (Phi) is 6.24. The number of sulfonamides is 1. The lowest BCUT2D eigenvalue weighted by Gasteiger charge is -2.28. The van der Waals surface area contributed by atoms with Crippen LogP contribution in [0, 0.1) is 0 Å². The molecule has 0 fully saturated rings. The first-order valence-electron chi connectivity index (χ1n) is 8.98. The molecule has 144 valence electrons. The first-order valence-corrected chi connectivity index (χ1v) is 11.8. The van der Waals surface area contributed by atoms with Crippen LogP contribution in [0.5, 0.6) is 0 Å². The van der Waals surface area contributed by atoms with Crippen molar-refractivity contribution in [2.75, 3.05) is 23.9 Å². The van der Waals surface area contributed by atoms with E-state index in [1.807, 2.05) is 49.6 Å². The van der Waals surface area contributed by atoms with Crippen LogP contribution in [0.2, 0.25) is 0 Å². The third-order valence-electron chi connectivity index (χ3n) is 4.65. The van der Waals surface area contributed by atoms with Gasteiger partial charge < -0.3 is 5.32 Å². The molecule has 1 amide bonds. The molecule has 1 aliphatic rings. The zero-order chi connectivity index (χ0) is 19.4. The van der Waals surface area contributed by atoms with Crippen molar-refractivity contribution in [1.82, 2.24) is 4.31 Å². The van der Waals surface area contributed by atoms with Gasteiger partial charge >= 0.3 is 0 Å². The Labute approximate surface area is 165 Å². The summed E-state index contributed by atoms with van der Waals surface area (Å²) in [5.41, 5.74) is 3.41. The number of carbonyl (C=O) groups is 1. The molecule has 2 aromatic rings. The number of thioether (sulfide) groups is 1. The molecule has 0 bridgehead atoms. The summed E-state index contributed by atoms with van der Waals surface area (Å²) in [7, 11) is -3.22. The number of hydrogen-bond donors (Lipinski definition) is 1. The van der Waals surface area contributed by atoms with E-state index in [0.29, 0.717) is 37.2 Å². The van der Waals surface area contributed by atoms with Crippen molar-refractivity contribution in [3.05, 3.63) is 59.2 Å². The molecule has 1 heterocycles. The fourth-order valence-electron chi connectivity index (χ4n) is 3.26. The maximum atomic E-state index is 12.6. The van der Waals surface area contributed by atoms with Crippen molar-refractivity contribution >= 4 is 33.4 Å². The van der Waals surface area contributed by atoms with Gasteiger partial charge in [0, 0.05) is 23.7 Å². The lowest BCUT2D eigenvalue weighted by Crippen LogP contribution is -2.37. The highest BCUT2D eigenvalue weighted by atomic mass is 32.2. The van der Waals surface area contributed by atoms with Crippen LogP contribution in [-0.4, -0.2) is 37.2 Å². The van der Waals surface area contributed by atoms with Crippen molar-refractivity contribution in [2.45, 2.75) is 31.2 Å². The number of benzene rings is 2. The van der Waals surface area contributed by atoms with Gasteiger partial charge in [-0.15, -0.1) is 11.8 Å². The smallest absolute Gasteiger partial charge is 0.256 e. The third-order valence-corrected chi connectivity index (χ3v) is 7.47. The van der Waals surface area contributed by atoms with E-state index in [1.165, 1.54) is 11.8 Å². The van der Waals surface area contributed by atoms with Gasteiger partial charge in [-0.3, -0.25) is 4.79 Å². The van der Waals surface area contributed by atoms with E-state index in [9.17, 15) is 13.2 Å². The minimum Gasteiger partial charge on any atom is -0.322 e. The number of rotatable bonds is 6. The predicted octanol–water partition coefficient (Wildman–Crippen LogP) is 3.76. The summed E-state index contributed by atoms with van der Waals surface area (Å²) >= 11 is 1.53. The van der Waals surface area contributed by atoms with E-state index in [-0.39, 0.29) is 11.7 Å². The molecule has 27 heavy (non-hydrogen) atoms. The molecular formula is C20H24N2O3S2. The minimum atomic E-state index is -3.22. The van der Waals surface area contributed by atoms with Gasteiger partial charge in [-0.25, -0.2) is 8.42 Å². The zero-order valence-electron chi connectivity index (χ0n) is 15.6. The van der Waals surface area contributed by atoms with Gasteiger partial charge in [0.15, 0.2) is 0 Å². The van der Waals surface area contributed by atoms with E-state index < -0.39 is 10.0 Å². The Morgan fingerprint density at radius 2 is 1.96 bits per heavy atom. The molecule has 0 unspecified atom stereocenters. The number of amides is 1. The fourth-order valence-corrected chi connectivity index (χ4v) is 5.34. The van der Waals surface area contributed by atoms with Crippen LogP contribution in [0.3, 0.4) is 0 Å². The molecule has 3 rings (SSSR count). The summed E-state index contributed by atoms with van der Waals surface area (Å²) in [5, 5.41) is 2.94. The molecule has 1 N–H and O–H groups in total. The standard InChI is InChI=1S/C20H24N2O3S2/c1-3-12-27(24,25)22-11-10-15-8-9-17(13-16(15)14-22)21-20(23)18-6-4-5-7-19(18)26-2/h4-9,13H,3,10-12,14H2,1-2H3,(H,21,23). The number of carbonyl (C=O) groups excluding carboxylic acids is 1. The van der Waals surface area contributed by atoms with Gasteiger partial charge in [-0.05, 0) is 54.5 Å². The second-order valence-corrected chi connectivity index (χ2v) is 9.47. The average Bonchev–Trinajstić information content (AvgIpc) is 2.67. The summed E-state index contributed by atoms with van der Waals surface area (Å²) in [5.74, 6) is 0.00991. The van der Waals surface area contributed by atoms with Gasteiger partial charge in [0.2, 0.25) is 10.0 Å². The molecule has 0 aliphatic carbocycles. The van der Waals surface area contributed by atoms with Crippen LogP contribution in [-0.2, 0) is 23.0 Å². The topological polar surface area (TPSA) is 66.5 Å². The summed E-state index contributed by atoms with van der Waals surface area (Å²) in [4.78, 5) is 13.6. The third kappa shape index (κ3) is 4.54. The second kappa shape index (κ2) is 8.46. The Hall–Kier alpha value is -1.83. The van der Waals surface area contributed by atoms with E-state index in [2.05, 4.69) is 5.32 Å². The Morgan fingerprint density at radius 1 is 1.19 bits per heavy atom. The van der Waals surface area contributed by atoms with Gasteiger partial charge in [-0.2, -0.15) is 4.31 Å². The zero-order valence-corrected chi connectivity index (χ0v) is 17.2. The Balaban J connectivity index is 1.79. The highest BCUT2D eigenvalue weighted by Gasteiger charge is 2.26. The van der Waals surface area contributed by atoms with Gasteiger partial charge in [0.25, 0.3) is 5.91 Å². The summed E-state index contributed by atoms with van der Waals surface area (Å²) in [6, 6.07) is 13.2. The van der Waals surface area contributed by atoms with Crippen LogP contribution in [0.25, 0.3) is 0 Å². The molecule has 0 atom stereocenters. The molecule has 0 aromatic heterocycles. The number of hydrogen-bond acceptors (Lipinski definition) is 4. The molecule has 0 spiro atoms. The van der Waals surface area contributed by atoms with Crippen LogP contribution in [0.1, 0.15) is 34.8 Å². The van der Waals surface area contributed by atoms with Crippen molar-refractivity contribution < 1.29 is 13.2 Å². The molecule has 1 aliphatic heterocycles. The SMILES string of the molecule is CCCS(=O)(=O)N1CCc2ccc(NC(=O)c3ccccc3SC)cc2C1. The van der Waals surface area contributed by atoms with Crippen molar-refractivity contribution in [1.29, 1.82) is 0 Å². The van der Waals surface area contributed by atoms with E-state index >= 15 is 0 Å². The number of nitrogens with one attached hydrogen (secondary N) is 1. The van der Waals surface area contributed by atoms with Crippen molar-refractivity contribution in [3.8, 4) is 0 Å². The van der Waals surface area contributed by atoms with Crippen molar-refractivity contribution in [2.24, 2.45) is 0 Å². The van der Waals surface area contributed by atoms with Crippen LogP contribution in [0.15, 0.2) is 47.4 Å². The average molecular weight is 405 g/mol. The lowest BCUT2D eigenvalue weighted by atomic mass is 10.0. The normalized spacial score (nSPS) is 14.6. The highest BCUT2D eigenvalue weighted by molar-refractivity contribution is 7.98. The summed E-state index contributed by atoms with van der Waals surface area (Å²) in [6.07, 6.45) is 3.24. The fraction of sp³-hybridized carbons (Fsp3) is 0.350. The molecule has 0 saturated carbocycles. The molecule has 7 heteroatoms. The lowest BCUT2D eigenvalue weighted by molar-refractivity contribution is 0.102. The van der Waals surface area contributed by atoms with E-state index in [0.717, 1.165) is 16.0 Å². The van der Waals surface area contributed by atoms with Crippen LogP contribution >= 0.6 is 11.8 Å². The predicted molar refractivity (Wildman–Crippen MR) is 111 cm³/mol. The second-order valence-electron chi connectivity index (χ2n) is 6.54. The quantitative estimate of drug-likeness (QED) is 0.745. The van der Waals surface area contributed by atoms with Crippen LogP contribution < -0.4 is 5.32 Å². The highest BCUT2D eigenvalue weighted by Crippen LogP contribution is 2.26. The first kappa shape index (κ1) is 19.9. The molecular weight excluding hydrogens is 380 g/mol. The monoisotopic (exact) mass is 404 g/mol.